The summed E-state index contributed by atoms with van der Waals surface area (Å²) in [5.74, 6) is -0.222. The van der Waals surface area contributed by atoms with Crippen LogP contribution >= 0.6 is 15.9 Å². The monoisotopic (exact) mass is 297 g/mol. The van der Waals surface area contributed by atoms with Gasteiger partial charge in [-0.2, -0.15) is 5.10 Å². The van der Waals surface area contributed by atoms with Crippen molar-refractivity contribution in [1.29, 1.82) is 0 Å². The van der Waals surface area contributed by atoms with Crippen LogP contribution < -0.4 is 5.32 Å². The number of nitrogens with one attached hydrogen (secondary N) is 1. The summed E-state index contributed by atoms with van der Waals surface area (Å²) in [7, 11) is 3.64. The second-order valence-electron chi connectivity index (χ2n) is 3.74. The van der Waals surface area contributed by atoms with Crippen LogP contribution in [0.1, 0.15) is 17.3 Å². The summed E-state index contributed by atoms with van der Waals surface area (Å²) in [6.07, 6.45) is 1.71. The highest BCUT2D eigenvalue weighted by molar-refractivity contribution is 9.10. The van der Waals surface area contributed by atoms with Crippen LogP contribution in [-0.2, 0) is 7.05 Å². The van der Waals surface area contributed by atoms with Crippen molar-refractivity contribution in [2.24, 2.45) is 7.05 Å². The Morgan fingerprint density at radius 2 is 2.12 bits per heavy atom. The molecule has 3 nitrogen and oxygen atoms in total. The Morgan fingerprint density at radius 3 is 2.65 bits per heavy atom. The molecule has 1 N–H and O–H groups in total. The van der Waals surface area contributed by atoms with Gasteiger partial charge < -0.3 is 5.32 Å². The molecule has 1 unspecified atom stereocenters. The first-order valence-electron chi connectivity index (χ1n) is 5.24. The minimum absolute atomic E-state index is 0.222. The predicted octanol–water partition coefficient (Wildman–Crippen LogP) is 2.63. The normalized spacial score (nSPS) is 12.7. The summed E-state index contributed by atoms with van der Waals surface area (Å²) in [4.78, 5) is 0. The molecule has 0 bridgehead atoms. The maximum absolute atomic E-state index is 13.8. The van der Waals surface area contributed by atoms with Crippen molar-refractivity contribution >= 4 is 15.9 Å². The molecular weight excluding hydrogens is 285 g/mol. The molecule has 0 aliphatic heterocycles. The summed E-state index contributed by atoms with van der Waals surface area (Å²) in [5.41, 5.74) is 1.51. The van der Waals surface area contributed by atoms with Crippen molar-refractivity contribution in [2.45, 2.75) is 6.04 Å². The Labute approximate surface area is 108 Å². The Morgan fingerprint density at radius 1 is 1.41 bits per heavy atom. The van der Waals surface area contributed by atoms with Gasteiger partial charge in [-0.25, -0.2) is 4.39 Å². The molecule has 1 atom stereocenters. The van der Waals surface area contributed by atoms with Gasteiger partial charge in [0.15, 0.2) is 0 Å². The first kappa shape index (κ1) is 12.3. The van der Waals surface area contributed by atoms with E-state index in [-0.39, 0.29) is 11.9 Å². The topological polar surface area (TPSA) is 29.9 Å². The quantitative estimate of drug-likeness (QED) is 0.944. The van der Waals surface area contributed by atoms with Gasteiger partial charge in [0, 0.05) is 12.6 Å². The highest BCUT2D eigenvalue weighted by Gasteiger charge is 2.21. The zero-order chi connectivity index (χ0) is 12.4. The maximum Gasteiger partial charge on any atom is 0.128 e. The van der Waals surface area contributed by atoms with Crippen LogP contribution in [0.15, 0.2) is 34.9 Å². The number of rotatable bonds is 3. The average Bonchev–Trinajstić information content (AvgIpc) is 2.64. The second-order valence-corrected chi connectivity index (χ2v) is 4.60. The molecule has 1 aromatic heterocycles. The fourth-order valence-corrected chi connectivity index (χ4v) is 2.47. The number of aryl methyl sites for hydroxylation is 1. The van der Waals surface area contributed by atoms with Crippen LogP contribution in [0.4, 0.5) is 4.39 Å². The minimum atomic E-state index is -0.224. The van der Waals surface area contributed by atoms with Gasteiger partial charge in [-0.05, 0) is 29.0 Å². The van der Waals surface area contributed by atoms with Gasteiger partial charge in [0.05, 0.1) is 22.4 Å². The van der Waals surface area contributed by atoms with Crippen LogP contribution in [0.3, 0.4) is 0 Å². The van der Waals surface area contributed by atoms with Gasteiger partial charge in [0.25, 0.3) is 0 Å². The van der Waals surface area contributed by atoms with Gasteiger partial charge in [0.2, 0.25) is 0 Å². The Hall–Kier alpha value is -1.20. The summed E-state index contributed by atoms with van der Waals surface area (Å²) in [6, 6.07) is 6.52. The van der Waals surface area contributed by atoms with Crippen LogP contribution in [0.25, 0.3) is 0 Å². The lowest BCUT2D eigenvalue weighted by Gasteiger charge is -2.18. The number of hydrogen-bond donors (Lipinski definition) is 1. The highest BCUT2D eigenvalue weighted by atomic mass is 79.9. The molecule has 1 aromatic carbocycles. The molecule has 90 valence electrons. The van der Waals surface area contributed by atoms with Crippen molar-refractivity contribution in [1.82, 2.24) is 15.1 Å². The van der Waals surface area contributed by atoms with E-state index in [2.05, 4.69) is 26.3 Å². The van der Waals surface area contributed by atoms with Crippen molar-refractivity contribution in [3.8, 4) is 0 Å². The van der Waals surface area contributed by atoms with Gasteiger partial charge in [-0.15, -0.1) is 0 Å². The molecule has 0 aliphatic rings. The summed E-state index contributed by atoms with van der Waals surface area (Å²) in [5, 5.41) is 7.26. The van der Waals surface area contributed by atoms with Crippen LogP contribution in [0, 0.1) is 5.82 Å². The molecular formula is C12H13BrFN3. The molecule has 2 aromatic rings. The third-order valence-electron chi connectivity index (χ3n) is 2.72. The fourth-order valence-electron chi connectivity index (χ4n) is 1.89. The number of aromatic nitrogens is 2. The minimum Gasteiger partial charge on any atom is -0.308 e. The van der Waals surface area contributed by atoms with Crippen LogP contribution in [-0.4, -0.2) is 16.8 Å². The van der Waals surface area contributed by atoms with Crippen molar-refractivity contribution in [2.75, 3.05) is 7.05 Å². The van der Waals surface area contributed by atoms with E-state index in [9.17, 15) is 4.39 Å². The Kier molecular flexibility index (Phi) is 3.59. The molecule has 0 saturated carbocycles. The molecule has 0 amide bonds. The Balaban J connectivity index is 2.52. The van der Waals surface area contributed by atoms with Crippen molar-refractivity contribution < 1.29 is 4.39 Å². The largest absolute Gasteiger partial charge is 0.308 e. The molecule has 0 saturated heterocycles. The third-order valence-corrected chi connectivity index (χ3v) is 3.33. The molecule has 0 spiro atoms. The number of nitrogens with zero attached hydrogens (tertiary/aromatic N) is 2. The predicted molar refractivity (Wildman–Crippen MR) is 68.2 cm³/mol. The van der Waals surface area contributed by atoms with Gasteiger partial charge in [-0.3, -0.25) is 4.68 Å². The highest BCUT2D eigenvalue weighted by Crippen LogP contribution is 2.29. The smallest absolute Gasteiger partial charge is 0.128 e. The molecule has 17 heavy (non-hydrogen) atoms. The standard InChI is InChI=1S/C12H13BrFN3/c1-15-11(8-5-3-4-6-10(8)14)12-9(13)7-16-17(12)2/h3-7,11,15H,1-2H3. The van der Waals surface area contributed by atoms with E-state index in [4.69, 9.17) is 0 Å². The Bertz CT molecular complexity index is 505. The molecule has 5 heteroatoms. The summed E-state index contributed by atoms with van der Waals surface area (Å²) < 4.78 is 16.4. The van der Waals surface area contributed by atoms with Gasteiger partial charge in [0.1, 0.15) is 5.82 Å². The molecule has 2 rings (SSSR count). The van der Waals surface area contributed by atoms with Crippen molar-refractivity contribution in [3.05, 3.63) is 52.0 Å². The van der Waals surface area contributed by atoms with E-state index in [1.54, 1.807) is 30.1 Å². The SMILES string of the molecule is CNC(c1ccccc1F)c1c(Br)cnn1C. The first-order chi connectivity index (χ1) is 8.15. The fraction of sp³-hybridized carbons (Fsp3) is 0.250. The van der Waals surface area contributed by atoms with Crippen LogP contribution in [0.2, 0.25) is 0 Å². The number of hydrogen-bond acceptors (Lipinski definition) is 2. The maximum atomic E-state index is 13.8. The van der Waals surface area contributed by atoms with Crippen molar-refractivity contribution in [3.63, 3.8) is 0 Å². The second kappa shape index (κ2) is 4.98. The van der Waals surface area contributed by atoms with E-state index in [0.29, 0.717) is 5.56 Å². The van der Waals surface area contributed by atoms with E-state index in [1.807, 2.05) is 13.1 Å². The molecule has 1 heterocycles. The average molecular weight is 298 g/mol. The molecule has 0 fully saturated rings. The van der Waals surface area contributed by atoms with Gasteiger partial charge >= 0.3 is 0 Å². The zero-order valence-corrected chi connectivity index (χ0v) is 11.2. The number of benzene rings is 1. The third kappa shape index (κ3) is 2.25. The lowest BCUT2D eigenvalue weighted by molar-refractivity contribution is 0.550. The number of halogens is 2. The lowest BCUT2D eigenvalue weighted by atomic mass is 10.0. The molecule has 0 aliphatic carbocycles. The lowest BCUT2D eigenvalue weighted by Crippen LogP contribution is -2.22. The van der Waals surface area contributed by atoms with E-state index in [1.165, 1.54) is 6.07 Å². The first-order valence-corrected chi connectivity index (χ1v) is 6.03. The summed E-state index contributed by atoms with van der Waals surface area (Å²) >= 11 is 3.43. The van der Waals surface area contributed by atoms with E-state index >= 15 is 0 Å². The van der Waals surface area contributed by atoms with E-state index in [0.717, 1.165) is 10.2 Å². The summed E-state index contributed by atoms with van der Waals surface area (Å²) in [6.45, 7) is 0. The molecule has 0 radical (unpaired) electrons. The zero-order valence-electron chi connectivity index (χ0n) is 9.61. The van der Waals surface area contributed by atoms with Gasteiger partial charge in [-0.1, -0.05) is 18.2 Å². The van der Waals surface area contributed by atoms with E-state index < -0.39 is 0 Å². The van der Waals surface area contributed by atoms with Crippen LogP contribution in [0.5, 0.6) is 0 Å².